The standard InChI is InChI=1S/C24H18/c1-3-7-17(8-4-1)19-11-21-15-23-13-20(18-9-5-2-6-10-18)14-24(23)16-22(21)12-19/h1-11,14-16H,12-13H2. The molecule has 0 nitrogen and oxygen atoms in total. The van der Waals surface area contributed by atoms with Crippen molar-refractivity contribution in [2.45, 2.75) is 12.8 Å². The Morgan fingerprint density at radius 1 is 0.500 bits per heavy atom. The van der Waals surface area contributed by atoms with E-state index in [9.17, 15) is 0 Å². The number of hydrogen-bond donors (Lipinski definition) is 0. The summed E-state index contributed by atoms with van der Waals surface area (Å²) in [5.74, 6) is 0. The average Bonchev–Trinajstić information content (AvgIpc) is 3.24. The predicted octanol–water partition coefficient (Wildman–Crippen LogP) is 5.88. The van der Waals surface area contributed by atoms with Crippen LogP contribution in [0.15, 0.2) is 72.8 Å². The van der Waals surface area contributed by atoms with Crippen LogP contribution in [-0.4, -0.2) is 0 Å². The molecule has 114 valence electrons. The van der Waals surface area contributed by atoms with Crippen LogP contribution in [0.2, 0.25) is 0 Å². The minimum atomic E-state index is 1.04. The van der Waals surface area contributed by atoms with Crippen molar-refractivity contribution in [2.24, 2.45) is 0 Å². The van der Waals surface area contributed by atoms with E-state index in [2.05, 4.69) is 84.9 Å². The number of benzene rings is 3. The SMILES string of the molecule is C1=C(c2ccccc2)Cc2cc3c(cc21)CC(c1ccccc1)=C3. The van der Waals surface area contributed by atoms with E-state index in [0.29, 0.717) is 0 Å². The monoisotopic (exact) mass is 306 g/mol. The van der Waals surface area contributed by atoms with Gasteiger partial charge in [-0.15, -0.1) is 0 Å². The molecule has 0 saturated carbocycles. The molecule has 0 atom stereocenters. The average molecular weight is 306 g/mol. The largest absolute Gasteiger partial charge is 0.0622 e. The molecule has 0 spiro atoms. The van der Waals surface area contributed by atoms with Crippen molar-refractivity contribution in [3.63, 3.8) is 0 Å². The summed E-state index contributed by atoms with van der Waals surface area (Å²) in [4.78, 5) is 0. The van der Waals surface area contributed by atoms with E-state index >= 15 is 0 Å². The maximum absolute atomic E-state index is 2.40. The van der Waals surface area contributed by atoms with Crippen LogP contribution in [0.3, 0.4) is 0 Å². The second kappa shape index (κ2) is 5.35. The van der Waals surface area contributed by atoms with Crippen LogP contribution < -0.4 is 0 Å². The van der Waals surface area contributed by atoms with E-state index in [1.54, 1.807) is 0 Å². The van der Waals surface area contributed by atoms with E-state index < -0.39 is 0 Å². The first-order valence-electron chi connectivity index (χ1n) is 8.54. The van der Waals surface area contributed by atoms with E-state index in [0.717, 1.165) is 12.8 Å². The molecule has 0 saturated heterocycles. The Labute approximate surface area is 142 Å². The lowest BCUT2D eigenvalue weighted by molar-refractivity contribution is 1.26. The summed E-state index contributed by atoms with van der Waals surface area (Å²) in [6, 6.07) is 26.3. The normalized spacial score (nSPS) is 14.8. The third kappa shape index (κ3) is 2.23. The van der Waals surface area contributed by atoms with Gasteiger partial charge < -0.3 is 0 Å². The Hall–Kier alpha value is -2.86. The molecule has 2 aliphatic rings. The van der Waals surface area contributed by atoms with Crippen molar-refractivity contribution in [2.75, 3.05) is 0 Å². The van der Waals surface area contributed by atoms with Gasteiger partial charge in [-0.05, 0) is 57.4 Å². The van der Waals surface area contributed by atoms with Crippen molar-refractivity contribution < 1.29 is 0 Å². The minimum Gasteiger partial charge on any atom is -0.0622 e. The van der Waals surface area contributed by atoms with Gasteiger partial charge in [0, 0.05) is 0 Å². The van der Waals surface area contributed by atoms with Crippen LogP contribution in [0, 0.1) is 0 Å². The maximum Gasteiger partial charge on any atom is -0.00135 e. The van der Waals surface area contributed by atoms with Gasteiger partial charge in [0.05, 0.1) is 0 Å². The molecule has 3 aromatic rings. The van der Waals surface area contributed by atoms with Crippen molar-refractivity contribution in [1.29, 1.82) is 0 Å². The lowest BCUT2D eigenvalue weighted by atomic mass is 10.00. The Morgan fingerprint density at radius 3 is 1.33 bits per heavy atom. The second-order valence-corrected chi connectivity index (χ2v) is 6.67. The first-order chi connectivity index (χ1) is 11.9. The Balaban J connectivity index is 1.48. The lowest BCUT2D eigenvalue weighted by Crippen LogP contribution is -1.90. The van der Waals surface area contributed by atoms with Crippen LogP contribution in [-0.2, 0) is 12.8 Å². The molecule has 5 rings (SSSR count). The van der Waals surface area contributed by atoms with Crippen molar-refractivity contribution >= 4 is 23.3 Å². The molecule has 0 heterocycles. The summed E-state index contributed by atoms with van der Waals surface area (Å²) in [5.41, 5.74) is 11.3. The summed E-state index contributed by atoms with van der Waals surface area (Å²) in [6.45, 7) is 0. The smallest absolute Gasteiger partial charge is 0.00135 e. The molecule has 0 fully saturated rings. The van der Waals surface area contributed by atoms with E-state index in [1.807, 2.05) is 0 Å². The fourth-order valence-corrected chi connectivity index (χ4v) is 3.87. The highest BCUT2D eigenvalue weighted by Crippen LogP contribution is 2.38. The van der Waals surface area contributed by atoms with Gasteiger partial charge >= 0.3 is 0 Å². The van der Waals surface area contributed by atoms with Crippen molar-refractivity contribution in [3.05, 3.63) is 106 Å². The zero-order valence-electron chi connectivity index (χ0n) is 13.5. The van der Waals surface area contributed by atoms with Gasteiger partial charge in [0.15, 0.2) is 0 Å². The molecule has 0 aromatic heterocycles. The fourth-order valence-electron chi connectivity index (χ4n) is 3.87. The predicted molar refractivity (Wildman–Crippen MR) is 102 cm³/mol. The summed E-state index contributed by atoms with van der Waals surface area (Å²) >= 11 is 0. The highest BCUT2D eigenvalue weighted by atomic mass is 14.2. The first-order valence-corrected chi connectivity index (χ1v) is 8.54. The molecule has 0 N–H and O–H groups in total. The van der Waals surface area contributed by atoms with Crippen LogP contribution in [0.4, 0.5) is 0 Å². The molecule has 0 bridgehead atoms. The highest BCUT2D eigenvalue weighted by Gasteiger charge is 2.20. The first kappa shape index (κ1) is 13.6. The quantitative estimate of drug-likeness (QED) is 0.554. The van der Waals surface area contributed by atoms with Gasteiger partial charge in [-0.2, -0.15) is 0 Å². The summed E-state index contributed by atoms with van der Waals surface area (Å²) in [6.07, 6.45) is 6.82. The zero-order chi connectivity index (χ0) is 15.9. The summed E-state index contributed by atoms with van der Waals surface area (Å²) < 4.78 is 0. The van der Waals surface area contributed by atoms with Crippen LogP contribution >= 0.6 is 0 Å². The van der Waals surface area contributed by atoms with Gasteiger partial charge in [0.1, 0.15) is 0 Å². The third-order valence-corrected chi connectivity index (χ3v) is 5.11. The number of allylic oxidation sites excluding steroid dienone is 2. The van der Waals surface area contributed by atoms with Crippen LogP contribution in [0.25, 0.3) is 23.3 Å². The van der Waals surface area contributed by atoms with Crippen molar-refractivity contribution in [3.8, 4) is 0 Å². The molecular weight excluding hydrogens is 288 g/mol. The number of fused-ring (bicyclic) bond motifs is 2. The van der Waals surface area contributed by atoms with Gasteiger partial charge in [0.2, 0.25) is 0 Å². The molecule has 0 aliphatic heterocycles. The molecule has 2 aliphatic carbocycles. The van der Waals surface area contributed by atoms with E-state index in [1.165, 1.54) is 44.5 Å². The summed E-state index contributed by atoms with van der Waals surface area (Å²) in [5, 5.41) is 0. The molecule has 3 aromatic carbocycles. The Bertz CT molecular complexity index is 890. The fraction of sp³-hybridized carbons (Fsp3) is 0.0833. The molecule has 0 heteroatoms. The minimum absolute atomic E-state index is 1.04. The zero-order valence-corrected chi connectivity index (χ0v) is 13.5. The van der Waals surface area contributed by atoms with Gasteiger partial charge in [-0.1, -0.05) is 84.9 Å². The van der Waals surface area contributed by atoms with E-state index in [4.69, 9.17) is 0 Å². The van der Waals surface area contributed by atoms with E-state index in [-0.39, 0.29) is 0 Å². The lowest BCUT2D eigenvalue weighted by Gasteiger charge is -2.05. The van der Waals surface area contributed by atoms with Crippen LogP contribution in [0.5, 0.6) is 0 Å². The van der Waals surface area contributed by atoms with Gasteiger partial charge in [-0.25, -0.2) is 0 Å². The number of hydrogen-bond acceptors (Lipinski definition) is 0. The maximum atomic E-state index is 2.40. The molecular formula is C24H18. The Kier molecular flexibility index (Phi) is 3.02. The van der Waals surface area contributed by atoms with Gasteiger partial charge in [0.25, 0.3) is 0 Å². The van der Waals surface area contributed by atoms with Crippen molar-refractivity contribution in [1.82, 2.24) is 0 Å². The molecule has 24 heavy (non-hydrogen) atoms. The highest BCUT2D eigenvalue weighted by molar-refractivity contribution is 5.93. The molecule has 0 unspecified atom stereocenters. The summed E-state index contributed by atoms with van der Waals surface area (Å²) in [7, 11) is 0. The molecule has 0 radical (unpaired) electrons. The Morgan fingerprint density at radius 2 is 0.917 bits per heavy atom. The topological polar surface area (TPSA) is 0 Å². The number of rotatable bonds is 2. The van der Waals surface area contributed by atoms with Gasteiger partial charge in [-0.3, -0.25) is 0 Å². The van der Waals surface area contributed by atoms with Crippen LogP contribution in [0.1, 0.15) is 33.4 Å². The second-order valence-electron chi connectivity index (χ2n) is 6.67. The third-order valence-electron chi connectivity index (χ3n) is 5.11. The molecule has 0 amide bonds.